The van der Waals surface area contributed by atoms with Crippen LogP contribution in [0.5, 0.6) is 5.75 Å². The first-order valence-corrected chi connectivity index (χ1v) is 8.51. The fraction of sp³-hybridized carbons (Fsp3) is 0.500. The molecule has 0 bridgehead atoms. The summed E-state index contributed by atoms with van der Waals surface area (Å²) in [6.45, 7) is 1.75. The number of hydrogen-bond donors (Lipinski definition) is 0. The number of amides is 1. The second-order valence-electron chi connectivity index (χ2n) is 6.04. The van der Waals surface area contributed by atoms with E-state index in [-0.39, 0.29) is 5.91 Å². The number of nitrogens with zero attached hydrogens (tertiary/aromatic N) is 3. The molecule has 0 unspecified atom stereocenters. The third kappa shape index (κ3) is 4.13. The van der Waals surface area contributed by atoms with E-state index in [0.717, 1.165) is 37.2 Å². The smallest absolute Gasteiger partial charge is 0.227 e. The van der Waals surface area contributed by atoms with Crippen molar-refractivity contribution in [2.75, 3.05) is 20.2 Å². The summed E-state index contributed by atoms with van der Waals surface area (Å²) in [4.78, 5) is 18.6. The van der Waals surface area contributed by atoms with Crippen molar-refractivity contribution in [2.24, 2.45) is 0 Å². The predicted octanol–water partition coefficient (Wildman–Crippen LogP) is 3.08. The fourth-order valence-corrected chi connectivity index (χ4v) is 2.91. The molecular weight excluding hydrogens is 306 g/mol. The second kappa shape index (κ2) is 7.95. The van der Waals surface area contributed by atoms with Crippen molar-refractivity contribution in [1.82, 2.24) is 15.0 Å². The molecule has 1 aromatic heterocycles. The van der Waals surface area contributed by atoms with Crippen LogP contribution in [0.1, 0.15) is 38.0 Å². The molecule has 0 radical (unpaired) electrons. The molecule has 1 amide bonds. The number of rotatable bonds is 5. The van der Waals surface area contributed by atoms with Gasteiger partial charge < -0.3 is 14.2 Å². The van der Waals surface area contributed by atoms with E-state index >= 15 is 0 Å². The Kier molecular flexibility index (Phi) is 5.46. The number of carbonyl (C=O) groups is 1. The lowest BCUT2D eigenvalue weighted by atomic mass is 10.2. The van der Waals surface area contributed by atoms with E-state index in [1.807, 2.05) is 29.2 Å². The largest absolute Gasteiger partial charge is 0.497 e. The minimum atomic E-state index is 0.182. The maximum Gasteiger partial charge on any atom is 0.227 e. The normalized spacial score (nSPS) is 15.1. The molecule has 3 rings (SSSR count). The molecule has 128 valence electrons. The number of benzene rings is 1. The molecule has 2 heterocycles. The highest BCUT2D eigenvalue weighted by atomic mass is 16.5. The summed E-state index contributed by atoms with van der Waals surface area (Å²) in [6, 6.07) is 7.48. The molecule has 0 spiro atoms. The summed E-state index contributed by atoms with van der Waals surface area (Å²) in [5.41, 5.74) is 0.865. The number of methoxy groups -OCH3 is 1. The summed E-state index contributed by atoms with van der Waals surface area (Å²) in [5, 5.41) is 4.00. The van der Waals surface area contributed by atoms with E-state index < -0.39 is 0 Å². The summed E-state index contributed by atoms with van der Waals surface area (Å²) >= 11 is 0. The third-order valence-corrected chi connectivity index (χ3v) is 4.33. The van der Waals surface area contributed by atoms with Gasteiger partial charge in [0.1, 0.15) is 5.75 Å². The highest BCUT2D eigenvalue weighted by molar-refractivity contribution is 5.76. The van der Waals surface area contributed by atoms with Gasteiger partial charge in [-0.3, -0.25) is 4.79 Å². The molecule has 6 nitrogen and oxygen atoms in total. The number of aryl methyl sites for hydroxylation is 1. The first-order valence-electron chi connectivity index (χ1n) is 8.51. The van der Waals surface area contributed by atoms with Crippen LogP contribution >= 0.6 is 0 Å². The van der Waals surface area contributed by atoms with Crippen LogP contribution in [0.3, 0.4) is 0 Å². The monoisotopic (exact) mass is 329 g/mol. The molecule has 1 fully saturated rings. The Hall–Kier alpha value is -2.37. The molecule has 24 heavy (non-hydrogen) atoms. The molecule has 0 N–H and O–H groups in total. The summed E-state index contributed by atoms with van der Waals surface area (Å²) < 4.78 is 10.4. The molecule has 1 aromatic carbocycles. The lowest BCUT2D eigenvalue weighted by molar-refractivity contribution is -0.131. The van der Waals surface area contributed by atoms with Crippen molar-refractivity contribution >= 4 is 5.91 Å². The van der Waals surface area contributed by atoms with E-state index in [1.165, 1.54) is 12.8 Å². The highest BCUT2D eigenvalue weighted by Gasteiger charge is 2.17. The number of carbonyl (C=O) groups excluding carboxylic acids is 1. The quantitative estimate of drug-likeness (QED) is 0.843. The van der Waals surface area contributed by atoms with Crippen molar-refractivity contribution in [1.29, 1.82) is 0 Å². The van der Waals surface area contributed by atoms with Crippen molar-refractivity contribution in [3.05, 3.63) is 30.2 Å². The van der Waals surface area contributed by atoms with Crippen LogP contribution in [0.4, 0.5) is 0 Å². The average Bonchev–Trinajstić information content (AvgIpc) is 2.92. The molecule has 1 saturated heterocycles. The van der Waals surface area contributed by atoms with Crippen molar-refractivity contribution < 1.29 is 14.1 Å². The van der Waals surface area contributed by atoms with E-state index in [2.05, 4.69) is 10.1 Å². The highest BCUT2D eigenvalue weighted by Crippen LogP contribution is 2.20. The van der Waals surface area contributed by atoms with Gasteiger partial charge in [0.25, 0.3) is 0 Å². The number of likely N-dealkylation sites (tertiary alicyclic amines) is 1. The Labute approximate surface area is 141 Å². The zero-order valence-corrected chi connectivity index (χ0v) is 14.0. The maximum absolute atomic E-state index is 12.3. The van der Waals surface area contributed by atoms with Gasteiger partial charge in [0.15, 0.2) is 0 Å². The minimum absolute atomic E-state index is 0.182. The zero-order valence-electron chi connectivity index (χ0n) is 14.0. The Morgan fingerprint density at radius 2 is 1.88 bits per heavy atom. The molecule has 1 aliphatic rings. The van der Waals surface area contributed by atoms with Gasteiger partial charge in [0, 0.05) is 31.5 Å². The number of ether oxygens (including phenoxy) is 1. The first kappa shape index (κ1) is 16.5. The van der Waals surface area contributed by atoms with Crippen LogP contribution in [-0.4, -0.2) is 41.1 Å². The third-order valence-electron chi connectivity index (χ3n) is 4.33. The van der Waals surface area contributed by atoms with Crippen LogP contribution in [0.15, 0.2) is 28.8 Å². The lowest BCUT2D eigenvalue weighted by Gasteiger charge is -2.19. The van der Waals surface area contributed by atoms with Gasteiger partial charge in [-0.1, -0.05) is 18.0 Å². The van der Waals surface area contributed by atoms with Gasteiger partial charge >= 0.3 is 0 Å². The van der Waals surface area contributed by atoms with E-state index in [9.17, 15) is 4.79 Å². The molecular formula is C18H23N3O3. The maximum atomic E-state index is 12.3. The molecule has 2 aromatic rings. The van der Waals surface area contributed by atoms with Gasteiger partial charge in [0.05, 0.1) is 7.11 Å². The zero-order chi connectivity index (χ0) is 16.8. The van der Waals surface area contributed by atoms with Crippen LogP contribution in [0.2, 0.25) is 0 Å². The van der Waals surface area contributed by atoms with Gasteiger partial charge in [-0.2, -0.15) is 4.98 Å². The van der Waals surface area contributed by atoms with Crippen LogP contribution in [0, 0.1) is 0 Å². The molecule has 6 heteroatoms. The number of aromatic nitrogens is 2. The molecule has 0 atom stereocenters. The topological polar surface area (TPSA) is 68.5 Å². The van der Waals surface area contributed by atoms with Crippen LogP contribution in [0.25, 0.3) is 11.4 Å². The predicted molar refractivity (Wildman–Crippen MR) is 89.7 cm³/mol. The van der Waals surface area contributed by atoms with Gasteiger partial charge in [0.2, 0.25) is 17.6 Å². The van der Waals surface area contributed by atoms with E-state index in [0.29, 0.717) is 24.6 Å². The number of hydrogen-bond acceptors (Lipinski definition) is 5. The lowest BCUT2D eigenvalue weighted by Crippen LogP contribution is -2.31. The Morgan fingerprint density at radius 3 is 2.54 bits per heavy atom. The fourth-order valence-electron chi connectivity index (χ4n) is 2.91. The van der Waals surface area contributed by atoms with Gasteiger partial charge in [-0.15, -0.1) is 0 Å². The first-order chi connectivity index (χ1) is 11.8. The van der Waals surface area contributed by atoms with E-state index in [4.69, 9.17) is 9.26 Å². The van der Waals surface area contributed by atoms with Gasteiger partial charge in [-0.25, -0.2) is 0 Å². The van der Waals surface area contributed by atoms with Crippen molar-refractivity contribution in [2.45, 2.75) is 38.5 Å². The Morgan fingerprint density at radius 1 is 1.17 bits per heavy atom. The second-order valence-corrected chi connectivity index (χ2v) is 6.04. The molecule has 1 aliphatic heterocycles. The van der Waals surface area contributed by atoms with E-state index in [1.54, 1.807) is 7.11 Å². The summed E-state index contributed by atoms with van der Waals surface area (Å²) in [5.74, 6) is 2.01. The average molecular weight is 329 g/mol. The van der Waals surface area contributed by atoms with Crippen LogP contribution < -0.4 is 4.74 Å². The minimum Gasteiger partial charge on any atom is -0.497 e. The van der Waals surface area contributed by atoms with Crippen molar-refractivity contribution in [3.63, 3.8) is 0 Å². The van der Waals surface area contributed by atoms with Crippen molar-refractivity contribution in [3.8, 4) is 17.1 Å². The SMILES string of the molecule is COc1ccc(-c2noc(CCC(=O)N3CCCCCC3)n2)cc1. The standard InChI is InChI=1S/C18H23N3O3/c1-23-15-8-6-14(7-9-15)18-19-16(24-20-18)10-11-17(22)21-12-4-2-3-5-13-21/h6-9H,2-5,10-13H2,1H3. The summed E-state index contributed by atoms with van der Waals surface area (Å²) in [6.07, 6.45) is 5.56. The Balaban J connectivity index is 1.56. The Bertz CT molecular complexity index is 658. The summed E-state index contributed by atoms with van der Waals surface area (Å²) in [7, 11) is 1.63. The molecule has 0 saturated carbocycles. The van der Waals surface area contributed by atoms with Gasteiger partial charge in [-0.05, 0) is 37.1 Å². The van der Waals surface area contributed by atoms with Crippen LogP contribution in [-0.2, 0) is 11.2 Å². The molecule has 0 aliphatic carbocycles.